The van der Waals surface area contributed by atoms with Crippen LogP contribution < -0.4 is 10.5 Å². The smallest absolute Gasteiger partial charge is 0.129 e. The number of hydrogen-bond donors (Lipinski definition) is 1. The van der Waals surface area contributed by atoms with E-state index < -0.39 is 0 Å². The minimum atomic E-state index is -0.276. The van der Waals surface area contributed by atoms with Gasteiger partial charge in [-0.15, -0.1) is 0 Å². The van der Waals surface area contributed by atoms with E-state index in [2.05, 4.69) is 15.9 Å². The third-order valence-electron chi connectivity index (χ3n) is 2.80. The first kappa shape index (κ1) is 14.0. The van der Waals surface area contributed by atoms with Gasteiger partial charge in [-0.05, 0) is 31.2 Å². The Morgan fingerprint density at radius 1 is 1.26 bits per heavy atom. The van der Waals surface area contributed by atoms with Crippen molar-refractivity contribution in [3.63, 3.8) is 0 Å². The molecule has 0 unspecified atom stereocenters. The predicted molar refractivity (Wildman–Crippen MR) is 77.5 cm³/mol. The van der Waals surface area contributed by atoms with Crippen LogP contribution in [0, 0.1) is 5.82 Å². The molecule has 2 nitrogen and oxygen atoms in total. The average molecular weight is 324 g/mol. The van der Waals surface area contributed by atoms with E-state index in [0.29, 0.717) is 11.3 Å². The summed E-state index contributed by atoms with van der Waals surface area (Å²) >= 11 is 3.32. The SMILES string of the molecule is C[C@@H](N)c1ccccc1OCc1cc(Br)ccc1F. The standard InChI is InChI=1S/C15H15BrFNO/c1-10(18)13-4-2-3-5-15(13)19-9-11-8-12(16)6-7-14(11)17/h2-8,10H,9,18H2,1H3/t10-/m1/s1. The Labute approximate surface area is 120 Å². The summed E-state index contributed by atoms with van der Waals surface area (Å²) in [6, 6.07) is 12.2. The summed E-state index contributed by atoms with van der Waals surface area (Å²) in [5, 5.41) is 0. The van der Waals surface area contributed by atoms with Crippen molar-refractivity contribution in [2.75, 3.05) is 0 Å². The molecule has 0 saturated heterocycles. The van der Waals surface area contributed by atoms with Crippen molar-refractivity contribution in [2.45, 2.75) is 19.6 Å². The minimum Gasteiger partial charge on any atom is -0.488 e. The molecule has 0 aliphatic rings. The van der Waals surface area contributed by atoms with Crippen molar-refractivity contribution in [2.24, 2.45) is 5.73 Å². The molecule has 0 radical (unpaired) electrons. The molecule has 4 heteroatoms. The molecule has 2 N–H and O–H groups in total. The third-order valence-corrected chi connectivity index (χ3v) is 3.29. The van der Waals surface area contributed by atoms with E-state index >= 15 is 0 Å². The Bertz CT molecular complexity index is 572. The highest BCUT2D eigenvalue weighted by molar-refractivity contribution is 9.10. The number of hydrogen-bond acceptors (Lipinski definition) is 2. The maximum Gasteiger partial charge on any atom is 0.129 e. The van der Waals surface area contributed by atoms with Crippen LogP contribution in [-0.2, 0) is 6.61 Å². The Morgan fingerprint density at radius 3 is 2.74 bits per heavy atom. The summed E-state index contributed by atoms with van der Waals surface area (Å²) in [4.78, 5) is 0. The lowest BCUT2D eigenvalue weighted by molar-refractivity contribution is 0.295. The molecule has 0 amide bonds. The zero-order valence-electron chi connectivity index (χ0n) is 10.6. The summed E-state index contributed by atoms with van der Waals surface area (Å²) < 4.78 is 20.1. The van der Waals surface area contributed by atoms with Gasteiger partial charge in [-0.1, -0.05) is 34.1 Å². The van der Waals surface area contributed by atoms with Gasteiger partial charge in [-0.2, -0.15) is 0 Å². The molecule has 19 heavy (non-hydrogen) atoms. The van der Waals surface area contributed by atoms with E-state index in [1.54, 1.807) is 12.1 Å². The fourth-order valence-electron chi connectivity index (χ4n) is 1.80. The molecule has 0 heterocycles. The van der Waals surface area contributed by atoms with Crippen molar-refractivity contribution >= 4 is 15.9 Å². The van der Waals surface area contributed by atoms with Gasteiger partial charge in [0, 0.05) is 21.6 Å². The molecule has 0 bridgehead atoms. The van der Waals surface area contributed by atoms with Crippen LogP contribution in [0.25, 0.3) is 0 Å². The molecule has 0 fully saturated rings. The molecule has 2 aromatic carbocycles. The van der Waals surface area contributed by atoms with E-state index in [4.69, 9.17) is 10.5 Å². The zero-order chi connectivity index (χ0) is 13.8. The van der Waals surface area contributed by atoms with Gasteiger partial charge in [0.25, 0.3) is 0 Å². The van der Waals surface area contributed by atoms with Crippen molar-refractivity contribution in [3.8, 4) is 5.75 Å². The van der Waals surface area contributed by atoms with Crippen LogP contribution in [0.5, 0.6) is 5.75 Å². The molecule has 2 rings (SSSR count). The first-order chi connectivity index (χ1) is 9.08. The van der Waals surface area contributed by atoms with Gasteiger partial charge < -0.3 is 10.5 Å². The first-order valence-electron chi connectivity index (χ1n) is 5.99. The van der Waals surface area contributed by atoms with Gasteiger partial charge in [0.1, 0.15) is 18.2 Å². The highest BCUT2D eigenvalue weighted by Crippen LogP contribution is 2.25. The Balaban J connectivity index is 2.17. The number of nitrogens with two attached hydrogens (primary N) is 1. The summed E-state index contributed by atoms with van der Waals surface area (Å²) in [5.74, 6) is 0.415. The average Bonchev–Trinajstić information content (AvgIpc) is 2.40. The van der Waals surface area contributed by atoms with Crippen LogP contribution in [0.4, 0.5) is 4.39 Å². The molecule has 0 aromatic heterocycles. The minimum absolute atomic E-state index is 0.122. The van der Waals surface area contributed by atoms with Gasteiger partial charge in [0.05, 0.1) is 0 Å². The van der Waals surface area contributed by atoms with Gasteiger partial charge in [-0.25, -0.2) is 4.39 Å². The molecule has 2 aromatic rings. The van der Waals surface area contributed by atoms with Crippen LogP contribution in [0.3, 0.4) is 0 Å². The molecule has 0 spiro atoms. The van der Waals surface area contributed by atoms with Gasteiger partial charge in [0.15, 0.2) is 0 Å². The number of ether oxygens (including phenoxy) is 1. The fourth-order valence-corrected chi connectivity index (χ4v) is 2.21. The summed E-state index contributed by atoms with van der Waals surface area (Å²) in [5.41, 5.74) is 7.30. The van der Waals surface area contributed by atoms with Crippen LogP contribution >= 0.6 is 15.9 Å². The second-order valence-electron chi connectivity index (χ2n) is 4.35. The van der Waals surface area contributed by atoms with E-state index in [1.165, 1.54) is 6.07 Å². The molecular formula is C15H15BrFNO. The van der Waals surface area contributed by atoms with E-state index in [1.807, 2.05) is 31.2 Å². The largest absolute Gasteiger partial charge is 0.488 e. The normalized spacial score (nSPS) is 12.2. The Hall–Kier alpha value is -1.39. The van der Waals surface area contributed by atoms with Crippen molar-refractivity contribution in [1.29, 1.82) is 0 Å². The topological polar surface area (TPSA) is 35.2 Å². The molecule has 0 aliphatic heterocycles. The zero-order valence-corrected chi connectivity index (χ0v) is 12.2. The maximum atomic E-state index is 13.6. The van der Waals surface area contributed by atoms with Gasteiger partial charge in [0.2, 0.25) is 0 Å². The lowest BCUT2D eigenvalue weighted by Crippen LogP contribution is -2.08. The molecule has 0 aliphatic carbocycles. The van der Waals surface area contributed by atoms with Crippen LogP contribution in [-0.4, -0.2) is 0 Å². The highest BCUT2D eigenvalue weighted by Gasteiger charge is 2.09. The lowest BCUT2D eigenvalue weighted by atomic mass is 10.1. The quantitative estimate of drug-likeness (QED) is 0.915. The maximum absolute atomic E-state index is 13.6. The summed E-state index contributed by atoms with van der Waals surface area (Å²) in [6.45, 7) is 2.07. The second-order valence-corrected chi connectivity index (χ2v) is 5.27. The predicted octanol–water partition coefficient (Wildman–Crippen LogP) is 4.19. The van der Waals surface area contributed by atoms with Gasteiger partial charge in [-0.3, -0.25) is 0 Å². The van der Waals surface area contributed by atoms with Crippen molar-refractivity contribution in [1.82, 2.24) is 0 Å². The summed E-state index contributed by atoms with van der Waals surface area (Å²) in [7, 11) is 0. The molecule has 100 valence electrons. The Morgan fingerprint density at radius 2 is 2.00 bits per heavy atom. The second kappa shape index (κ2) is 6.17. The third kappa shape index (κ3) is 3.55. The molecular weight excluding hydrogens is 309 g/mol. The van der Waals surface area contributed by atoms with Crippen molar-refractivity contribution < 1.29 is 9.13 Å². The van der Waals surface area contributed by atoms with Crippen LogP contribution in [0.2, 0.25) is 0 Å². The lowest BCUT2D eigenvalue weighted by Gasteiger charge is -2.14. The molecule has 0 saturated carbocycles. The van der Waals surface area contributed by atoms with E-state index in [9.17, 15) is 4.39 Å². The Kier molecular flexibility index (Phi) is 4.56. The monoisotopic (exact) mass is 323 g/mol. The highest BCUT2D eigenvalue weighted by atomic mass is 79.9. The van der Waals surface area contributed by atoms with Crippen LogP contribution in [0.1, 0.15) is 24.1 Å². The number of halogens is 2. The summed E-state index contributed by atoms with van der Waals surface area (Å²) in [6.07, 6.45) is 0. The van der Waals surface area contributed by atoms with E-state index in [0.717, 1.165) is 10.0 Å². The van der Waals surface area contributed by atoms with Gasteiger partial charge >= 0.3 is 0 Å². The number of para-hydroxylation sites is 1. The number of rotatable bonds is 4. The van der Waals surface area contributed by atoms with Crippen LogP contribution in [0.15, 0.2) is 46.9 Å². The fraction of sp³-hybridized carbons (Fsp3) is 0.200. The first-order valence-corrected chi connectivity index (χ1v) is 6.78. The molecule has 1 atom stereocenters. The van der Waals surface area contributed by atoms with Crippen molar-refractivity contribution in [3.05, 3.63) is 63.9 Å². The number of benzene rings is 2. The van der Waals surface area contributed by atoms with E-state index in [-0.39, 0.29) is 18.5 Å².